The van der Waals surface area contributed by atoms with E-state index in [1.54, 1.807) is 7.05 Å². The van der Waals surface area contributed by atoms with Gasteiger partial charge >= 0.3 is 11.7 Å². The fourth-order valence-corrected chi connectivity index (χ4v) is 3.34. The molecule has 1 amide bonds. The van der Waals surface area contributed by atoms with Crippen LogP contribution in [0, 0.1) is 10.1 Å². The highest BCUT2D eigenvalue weighted by Gasteiger charge is 2.25. The molecule has 1 aliphatic rings. The van der Waals surface area contributed by atoms with Gasteiger partial charge in [0.15, 0.2) is 5.17 Å². The molecule has 0 bridgehead atoms. The predicted molar refractivity (Wildman–Crippen MR) is 106 cm³/mol. The largest absolute Gasteiger partial charge is 0.466 e. The average molecular weight is 418 g/mol. The summed E-state index contributed by atoms with van der Waals surface area (Å²) in [7, 11) is 4.26. The maximum Gasteiger partial charge on any atom is 0.331 e. The Hall–Kier alpha value is -3.74. The van der Waals surface area contributed by atoms with E-state index in [0.29, 0.717) is 11.0 Å². The van der Waals surface area contributed by atoms with E-state index in [9.17, 15) is 24.5 Å². The molecule has 29 heavy (non-hydrogen) atoms. The normalized spacial score (nSPS) is 16.9. The minimum Gasteiger partial charge on any atom is -0.466 e. The van der Waals surface area contributed by atoms with Gasteiger partial charge in [-0.25, -0.2) is 9.59 Å². The average Bonchev–Trinajstić information content (AvgIpc) is 3.13. The van der Waals surface area contributed by atoms with Crippen molar-refractivity contribution in [1.82, 2.24) is 14.5 Å². The van der Waals surface area contributed by atoms with Crippen LogP contribution in [0.5, 0.6) is 0 Å². The van der Waals surface area contributed by atoms with E-state index in [1.807, 2.05) is 0 Å². The molecule has 2 aromatic rings. The number of carbonyl (C=O) groups is 2. The molecule has 150 valence electrons. The van der Waals surface area contributed by atoms with Crippen molar-refractivity contribution in [3.63, 3.8) is 0 Å². The number of thioether (sulfide) groups is 1. The van der Waals surface area contributed by atoms with E-state index in [4.69, 9.17) is 0 Å². The Labute approximate surface area is 166 Å². The number of imidazole rings is 1. The number of nitrogens with one attached hydrogen (secondary N) is 1. The van der Waals surface area contributed by atoms with Crippen LogP contribution < -0.4 is 11.0 Å². The number of amides is 1. The molecule has 1 aromatic carbocycles. The van der Waals surface area contributed by atoms with Gasteiger partial charge in [-0.2, -0.15) is 5.10 Å². The Morgan fingerprint density at radius 2 is 1.93 bits per heavy atom. The first-order valence-electron chi connectivity index (χ1n) is 7.96. The molecule has 0 radical (unpaired) electrons. The number of nitrogens with zero attached hydrogens (tertiary/aromatic N) is 5. The molecule has 1 N–H and O–H groups in total. The van der Waals surface area contributed by atoms with Gasteiger partial charge < -0.3 is 4.74 Å². The van der Waals surface area contributed by atoms with Crippen LogP contribution in [0.3, 0.4) is 0 Å². The van der Waals surface area contributed by atoms with Crippen LogP contribution in [-0.2, 0) is 28.4 Å². The minimum absolute atomic E-state index is 0.0810. The lowest BCUT2D eigenvalue weighted by Crippen LogP contribution is -2.19. The number of rotatable bonds is 4. The Morgan fingerprint density at radius 1 is 1.28 bits per heavy atom. The highest BCUT2D eigenvalue weighted by molar-refractivity contribution is 8.18. The fraction of sp³-hybridized carbons (Fsp3) is 0.188. The van der Waals surface area contributed by atoms with Crippen LogP contribution in [0.4, 0.5) is 5.69 Å². The number of nitro benzene ring substituents is 1. The van der Waals surface area contributed by atoms with E-state index >= 15 is 0 Å². The number of nitro groups is 1. The number of benzene rings is 1. The van der Waals surface area contributed by atoms with Crippen LogP contribution in [0.2, 0.25) is 0 Å². The zero-order valence-corrected chi connectivity index (χ0v) is 16.2. The lowest BCUT2D eigenvalue weighted by molar-refractivity contribution is -0.384. The Morgan fingerprint density at radius 3 is 2.55 bits per heavy atom. The summed E-state index contributed by atoms with van der Waals surface area (Å²) in [5.74, 6) is -1.23. The van der Waals surface area contributed by atoms with Gasteiger partial charge in [-0.05, 0) is 17.8 Å². The number of hydrogen-bond acceptors (Lipinski definition) is 9. The van der Waals surface area contributed by atoms with E-state index in [2.05, 4.69) is 20.3 Å². The molecule has 0 atom stereocenters. The summed E-state index contributed by atoms with van der Waals surface area (Å²) >= 11 is 0.872. The van der Waals surface area contributed by atoms with Crippen molar-refractivity contribution in [2.24, 2.45) is 24.3 Å². The molecular weight excluding hydrogens is 404 g/mol. The Kier molecular flexibility index (Phi) is 5.32. The van der Waals surface area contributed by atoms with Crippen molar-refractivity contribution in [3.05, 3.63) is 49.3 Å². The molecule has 12 nitrogen and oxygen atoms in total. The smallest absolute Gasteiger partial charge is 0.331 e. The summed E-state index contributed by atoms with van der Waals surface area (Å²) < 4.78 is 7.13. The van der Waals surface area contributed by atoms with Gasteiger partial charge in [-0.15, -0.1) is 5.10 Å². The van der Waals surface area contributed by atoms with Crippen LogP contribution in [0.25, 0.3) is 11.0 Å². The van der Waals surface area contributed by atoms with Gasteiger partial charge in [0, 0.05) is 26.2 Å². The second-order valence-electron chi connectivity index (χ2n) is 5.80. The zero-order valence-electron chi connectivity index (χ0n) is 15.4. The summed E-state index contributed by atoms with van der Waals surface area (Å²) in [5, 5.41) is 21.5. The summed E-state index contributed by atoms with van der Waals surface area (Å²) in [6.45, 7) is 0. The molecule has 1 aromatic heterocycles. The number of methoxy groups -OCH3 is 1. The maximum absolute atomic E-state index is 12.0. The fourth-order valence-electron chi connectivity index (χ4n) is 2.60. The van der Waals surface area contributed by atoms with Crippen molar-refractivity contribution in [3.8, 4) is 0 Å². The van der Waals surface area contributed by atoms with Gasteiger partial charge in [0.2, 0.25) is 0 Å². The second-order valence-corrected chi connectivity index (χ2v) is 6.83. The van der Waals surface area contributed by atoms with Gasteiger partial charge in [-0.1, -0.05) is 0 Å². The van der Waals surface area contributed by atoms with Crippen LogP contribution in [0.1, 0.15) is 5.56 Å². The third-order valence-electron chi connectivity index (χ3n) is 4.06. The molecule has 3 rings (SSSR count). The Balaban J connectivity index is 1.95. The predicted octanol–water partition coefficient (Wildman–Crippen LogP) is 0.395. The van der Waals surface area contributed by atoms with E-state index < -0.39 is 16.8 Å². The standard InChI is InChI=1S/C16H14N6O6S/c1-20-10-4-8(9(22(26)27)5-11(10)21(2)16(20)25)7-17-19-15-18-14(24)12(29-15)6-13(23)28-3/h4-7H,1-3H3,(H,18,19,24)/b12-6+,17-7?. The summed E-state index contributed by atoms with van der Waals surface area (Å²) in [6, 6.07) is 2.75. The number of aryl methyl sites for hydroxylation is 2. The molecular formula is C16H14N6O6S. The number of esters is 1. The van der Waals surface area contributed by atoms with Gasteiger partial charge in [0.25, 0.3) is 11.6 Å². The molecule has 1 fully saturated rings. The van der Waals surface area contributed by atoms with Crippen molar-refractivity contribution >= 4 is 51.7 Å². The summed E-state index contributed by atoms with van der Waals surface area (Å²) in [6.07, 6.45) is 2.16. The third kappa shape index (κ3) is 3.80. The highest BCUT2D eigenvalue weighted by atomic mass is 32.2. The topological polar surface area (TPSA) is 150 Å². The van der Waals surface area contributed by atoms with Crippen molar-refractivity contribution in [2.45, 2.75) is 0 Å². The molecule has 0 unspecified atom stereocenters. The maximum atomic E-state index is 12.0. The van der Waals surface area contributed by atoms with Gasteiger partial charge in [0.1, 0.15) is 0 Å². The van der Waals surface area contributed by atoms with E-state index in [1.165, 1.54) is 35.4 Å². The first-order valence-corrected chi connectivity index (χ1v) is 8.78. The van der Waals surface area contributed by atoms with E-state index in [-0.39, 0.29) is 27.0 Å². The Bertz CT molecular complexity index is 1200. The molecule has 13 heteroatoms. The molecule has 1 saturated heterocycles. The SMILES string of the molecule is COC(=O)/C=C1/S/C(=N\N=Cc2cc3c(cc2[N+](=O)[O-])n(C)c(=O)n3C)NC1=O. The number of carbonyl (C=O) groups excluding carboxylic acids is 2. The van der Waals surface area contributed by atoms with Crippen molar-refractivity contribution in [2.75, 3.05) is 7.11 Å². The summed E-state index contributed by atoms with van der Waals surface area (Å²) in [4.78, 5) is 45.9. The third-order valence-corrected chi connectivity index (χ3v) is 4.96. The highest BCUT2D eigenvalue weighted by Crippen LogP contribution is 2.25. The number of aromatic nitrogens is 2. The molecule has 0 aliphatic carbocycles. The quantitative estimate of drug-likeness (QED) is 0.248. The van der Waals surface area contributed by atoms with Gasteiger partial charge in [0.05, 0.1) is 39.7 Å². The number of amidine groups is 1. The first-order chi connectivity index (χ1) is 13.7. The molecule has 1 aliphatic heterocycles. The number of fused-ring (bicyclic) bond motifs is 1. The van der Waals surface area contributed by atoms with E-state index in [0.717, 1.165) is 24.1 Å². The van der Waals surface area contributed by atoms with Crippen molar-refractivity contribution in [1.29, 1.82) is 0 Å². The lowest BCUT2D eigenvalue weighted by atomic mass is 10.1. The molecule has 0 spiro atoms. The monoisotopic (exact) mass is 418 g/mol. The first kappa shape index (κ1) is 20.0. The zero-order chi connectivity index (χ0) is 21.3. The number of hydrogen-bond donors (Lipinski definition) is 1. The number of ether oxygens (including phenoxy) is 1. The molecule has 0 saturated carbocycles. The molecule has 2 heterocycles. The summed E-state index contributed by atoms with van der Waals surface area (Å²) in [5.41, 5.74) is 0.455. The van der Waals surface area contributed by atoms with Crippen LogP contribution >= 0.6 is 11.8 Å². The van der Waals surface area contributed by atoms with Crippen molar-refractivity contribution < 1.29 is 19.2 Å². The van der Waals surface area contributed by atoms with Crippen LogP contribution in [-0.4, -0.2) is 44.4 Å². The second kappa shape index (κ2) is 7.71. The minimum atomic E-state index is -0.690. The van der Waals surface area contributed by atoms with Crippen LogP contribution in [0.15, 0.2) is 38.1 Å². The van der Waals surface area contributed by atoms with Gasteiger partial charge in [-0.3, -0.25) is 29.4 Å². The lowest BCUT2D eigenvalue weighted by Gasteiger charge is -2.00.